The third-order valence-corrected chi connectivity index (χ3v) is 5.55. The number of piperidine rings is 1. The lowest BCUT2D eigenvalue weighted by molar-refractivity contribution is 0.140. The topological polar surface area (TPSA) is 52.6 Å². The Labute approximate surface area is 157 Å². The van der Waals surface area contributed by atoms with Crippen molar-refractivity contribution < 1.29 is 0 Å². The summed E-state index contributed by atoms with van der Waals surface area (Å²) < 4.78 is 0. The van der Waals surface area contributed by atoms with Crippen molar-refractivity contribution >= 4 is 17.3 Å². The molecule has 5 nitrogen and oxygen atoms in total. The summed E-state index contributed by atoms with van der Waals surface area (Å²) in [5.41, 5.74) is 1.18. The van der Waals surface area contributed by atoms with Crippen molar-refractivity contribution in [1.29, 1.82) is 0 Å². The summed E-state index contributed by atoms with van der Waals surface area (Å²) in [5.74, 6) is 3.02. The van der Waals surface area contributed by atoms with E-state index >= 15 is 0 Å². The summed E-state index contributed by atoms with van der Waals surface area (Å²) in [5, 5.41) is 10.0. The van der Waals surface area contributed by atoms with E-state index in [0.29, 0.717) is 5.92 Å². The van der Waals surface area contributed by atoms with Crippen molar-refractivity contribution in [3.05, 3.63) is 16.1 Å². The lowest BCUT2D eigenvalue weighted by atomic mass is 9.92. The van der Waals surface area contributed by atoms with Gasteiger partial charge in [-0.25, -0.2) is 4.98 Å². The molecule has 142 valence electrons. The van der Waals surface area contributed by atoms with Crippen LogP contribution in [0.3, 0.4) is 0 Å². The minimum atomic E-state index is 0.489. The van der Waals surface area contributed by atoms with Gasteiger partial charge in [-0.2, -0.15) is 0 Å². The molecule has 0 spiro atoms. The number of likely N-dealkylation sites (tertiary alicyclic amines) is 1. The highest BCUT2D eigenvalue weighted by Gasteiger charge is 2.20. The fraction of sp³-hybridized carbons (Fsp3) is 0.789. The highest BCUT2D eigenvalue weighted by atomic mass is 32.1. The molecule has 1 saturated heterocycles. The van der Waals surface area contributed by atoms with E-state index < -0.39 is 0 Å². The molecular weight excluding hydrogens is 330 g/mol. The van der Waals surface area contributed by atoms with Crippen LogP contribution in [0.25, 0.3) is 0 Å². The van der Waals surface area contributed by atoms with Crippen LogP contribution in [0, 0.1) is 11.8 Å². The molecule has 1 aliphatic heterocycles. The first-order valence-electron chi connectivity index (χ1n) is 9.59. The maximum atomic E-state index is 4.65. The third-order valence-electron chi connectivity index (χ3n) is 4.68. The van der Waals surface area contributed by atoms with Crippen molar-refractivity contribution in [1.82, 2.24) is 20.5 Å². The van der Waals surface area contributed by atoms with E-state index in [1.54, 1.807) is 11.3 Å². The summed E-state index contributed by atoms with van der Waals surface area (Å²) >= 11 is 1.71. The van der Waals surface area contributed by atoms with Gasteiger partial charge in [0.05, 0.1) is 12.2 Å². The molecule has 0 radical (unpaired) electrons. The fourth-order valence-corrected chi connectivity index (χ4v) is 4.43. The minimum Gasteiger partial charge on any atom is -0.356 e. The molecule has 0 saturated carbocycles. The Morgan fingerprint density at radius 3 is 2.64 bits per heavy atom. The number of rotatable bonds is 7. The van der Waals surface area contributed by atoms with Gasteiger partial charge in [0.15, 0.2) is 5.96 Å². The summed E-state index contributed by atoms with van der Waals surface area (Å²) in [6.45, 7) is 14.5. The number of nitrogens with one attached hydrogen (secondary N) is 2. The summed E-state index contributed by atoms with van der Waals surface area (Å²) in [6.07, 6.45) is 2.52. The molecule has 2 unspecified atom stereocenters. The van der Waals surface area contributed by atoms with E-state index in [1.165, 1.54) is 31.7 Å². The van der Waals surface area contributed by atoms with Gasteiger partial charge in [0.25, 0.3) is 0 Å². The molecule has 0 aromatic carbocycles. The number of aliphatic imine (C=N–C) groups is 1. The molecule has 0 bridgehead atoms. The Morgan fingerprint density at radius 1 is 1.32 bits per heavy atom. The van der Waals surface area contributed by atoms with E-state index in [2.05, 4.69) is 58.6 Å². The molecule has 1 fully saturated rings. The molecule has 2 atom stereocenters. The van der Waals surface area contributed by atoms with Crippen LogP contribution >= 0.6 is 11.3 Å². The predicted octanol–water partition coefficient (Wildman–Crippen LogP) is 3.30. The molecule has 0 amide bonds. The van der Waals surface area contributed by atoms with Crippen LogP contribution in [0.5, 0.6) is 0 Å². The van der Waals surface area contributed by atoms with E-state index in [-0.39, 0.29) is 0 Å². The molecule has 1 aliphatic rings. The van der Waals surface area contributed by atoms with Crippen molar-refractivity contribution in [2.75, 3.05) is 33.2 Å². The standard InChI is InChI=1S/C19H35N5S/c1-14(2)17-13-25-18(23-17)10-22-19(20-5)21-7-6-8-24-11-15(3)9-16(4)12-24/h13-16H,6-12H2,1-5H3,(H2,20,21,22). The quantitative estimate of drug-likeness (QED) is 0.442. The number of guanidine groups is 1. The van der Waals surface area contributed by atoms with Gasteiger partial charge in [-0.3, -0.25) is 4.99 Å². The molecule has 1 aromatic rings. The van der Waals surface area contributed by atoms with E-state index in [1.807, 2.05) is 7.05 Å². The van der Waals surface area contributed by atoms with E-state index in [9.17, 15) is 0 Å². The van der Waals surface area contributed by atoms with Gasteiger partial charge >= 0.3 is 0 Å². The van der Waals surface area contributed by atoms with Gasteiger partial charge in [0, 0.05) is 32.1 Å². The second kappa shape index (κ2) is 10.1. The first kappa shape index (κ1) is 20.2. The van der Waals surface area contributed by atoms with Gasteiger partial charge < -0.3 is 15.5 Å². The highest BCUT2D eigenvalue weighted by molar-refractivity contribution is 7.09. The Morgan fingerprint density at radius 2 is 2.04 bits per heavy atom. The van der Waals surface area contributed by atoms with Crippen molar-refractivity contribution in [3.63, 3.8) is 0 Å². The largest absolute Gasteiger partial charge is 0.356 e. The minimum absolute atomic E-state index is 0.489. The maximum Gasteiger partial charge on any atom is 0.191 e. The Kier molecular flexibility index (Phi) is 8.16. The van der Waals surface area contributed by atoms with E-state index in [4.69, 9.17) is 0 Å². The zero-order chi connectivity index (χ0) is 18.2. The second-order valence-electron chi connectivity index (χ2n) is 7.73. The number of hydrogen-bond acceptors (Lipinski definition) is 4. The average molecular weight is 366 g/mol. The Balaban J connectivity index is 1.64. The van der Waals surface area contributed by atoms with Crippen LogP contribution in [0.2, 0.25) is 0 Å². The SMILES string of the molecule is CN=C(NCCCN1CC(C)CC(C)C1)NCc1nc(C(C)C)cs1. The molecule has 2 heterocycles. The fourth-order valence-electron chi connectivity index (χ4n) is 3.54. The van der Waals surface area contributed by atoms with E-state index in [0.717, 1.165) is 42.3 Å². The molecular formula is C19H35N5S. The van der Waals surface area contributed by atoms with Crippen LogP contribution in [0.15, 0.2) is 10.4 Å². The number of hydrogen-bond donors (Lipinski definition) is 2. The normalized spacial score (nSPS) is 22.4. The molecule has 0 aliphatic carbocycles. The monoisotopic (exact) mass is 365 g/mol. The predicted molar refractivity (Wildman–Crippen MR) is 108 cm³/mol. The zero-order valence-corrected chi connectivity index (χ0v) is 17.3. The first-order chi connectivity index (χ1) is 12.0. The van der Waals surface area contributed by atoms with Crippen molar-refractivity contribution in [2.24, 2.45) is 16.8 Å². The average Bonchev–Trinajstić information content (AvgIpc) is 3.02. The van der Waals surface area contributed by atoms with Crippen LogP contribution in [-0.4, -0.2) is 49.1 Å². The molecule has 2 N–H and O–H groups in total. The molecule has 2 rings (SSSR count). The highest BCUT2D eigenvalue weighted by Crippen LogP contribution is 2.20. The lowest BCUT2D eigenvalue weighted by Crippen LogP contribution is -2.41. The Bertz CT molecular complexity index is 530. The molecule has 6 heteroatoms. The van der Waals surface area contributed by atoms with Gasteiger partial charge in [0.1, 0.15) is 5.01 Å². The summed E-state index contributed by atoms with van der Waals surface area (Å²) in [4.78, 5) is 11.6. The first-order valence-corrected chi connectivity index (χ1v) is 10.5. The second-order valence-corrected chi connectivity index (χ2v) is 8.68. The molecule has 1 aromatic heterocycles. The number of thiazole rings is 1. The van der Waals surface area contributed by atoms with Crippen LogP contribution in [0.1, 0.15) is 57.2 Å². The zero-order valence-electron chi connectivity index (χ0n) is 16.5. The van der Waals surface area contributed by atoms with Crippen LogP contribution in [-0.2, 0) is 6.54 Å². The van der Waals surface area contributed by atoms with Crippen molar-refractivity contribution in [2.45, 2.75) is 53.0 Å². The third kappa shape index (κ3) is 6.94. The van der Waals surface area contributed by atoms with Gasteiger partial charge in [-0.1, -0.05) is 27.7 Å². The summed E-state index contributed by atoms with van der Waals surface area (Å²) in [7, 11) is 1.82. The van der Waals surface area contributed by atoms with Crippen LogP contribution < -0.4 is 10.6 Å². The maximum absolute atomic E-state index is 4.65. The smallest absolute Gasteiger partial charge is 0.191 e. The van der Waals surface area contributed by atoms with Gasteiger partial charge in [-0.15, -0.1) is 11.3 Å². The van der Waals surface area contributed by atoms with Gasteiger partial charge in [0.2, 0.25) is 0 Å². The number of nitrogens with zero attached hydrogens (tertiary/aromatic N) is 3. The van der Waals surface area contributed by atoms with Crippen molar-refractivity contribution in [3.8, 4) is 0 Å². The van der Waals surface area contributed by atoms with Gasteiger partial charge in [-0.05, 0) is 37.1 Å². The Hall–Kier alpha value is -1.14. The summed E-state index contributed by atoms with van der Waals surface area (Å²) in [6, 6.07) is 0. The van der Waals surface area contributed by atoms with Crippen LogP contribution in [0.4, 0.5) is 0 Å². The lowest BCUT2D eigenvalue weighted by Gasteiger charge is -2.35. The number of aromatic nitrogens is 1. The molecule has 25 heavy (non-hydrogen) atoms.